The third kappa shape index (κ3) is 4.20. The molecule has 9 nitrogen and oxygen atoms in total. The molecule has 0 fully saturated rings. The van der Waals surface area contributed by atoms with Crippen molar-refractivity contribution in [1.82, 2.24) is 4.90 Å². The molecular formula is C21H18N4O5. The Labute approximate surface area is 171 Å². The molecule has 30 heavy (non-hydrogen) atoms. The van der Waals surface area contributed by atoms with Crippen molar-refractivity contribution < 1.29 is 19.2 Å². The van der Waals surface area contributed by atoms with Crippen LogP contribution in [0.5, 0.6) is 0 Å². The van der Waals surface area contributed by atoms with E-state index in [1.165, 1.54) is 24.3 Å². The first kappa shape index (κ1) is 19.3. The number of rotatable bonds is 6. The summed E-state index contributed by atoms with van der Waals surface area (Å²) in [4.78, 5) is 23.6. The minimum atomic E-state index is -1.00. The topological polar surface area (TPSA) is 112 Å². The number of carboxylic acid groups (broad SMARTS) is 1. The summed E-state index contributed by atoms with van der Waals surface area (Å²) in [5.41, 5.74) is 2.55. The van der Waals surface area contributed by atoms with Crippen LogP contribution in [-0.4, -0.2) is 39.8 Å². The van der Waals surface area contributed by atoms with Crippen LogP contribution in [0.1, 0.15) is 21.7 Å². The van der Waals surface area contributed by atoms with E-state index >= 15 is 0 Å². The Morgan fingerprint density at radius 1 is 1.10 bits per heavy atom. The van der Waals surface area contributed by atoms with Gasteiger partial charge in [-0.25, -0.2) is 4.79 Å². The lowest BCUT2D eigenvalue weighted by Crippen LogP contribution is -2.43. The molecule has 1 aliphatic heterocycles. The SMILES string of the molecule is O=C(O)c1ccc(N2CN(Cc3ccccc3)CC(c3ccc([N+](=O)[O-])o3)=N2)cc1. The fraction of sp³-hybridized carbons (Fsp3) is 0.143. The highest BCUT2D eigenvalue weighted by molar-refractivity contribution is 6.01. The predicted octanol–water partition coefficient (Wildman–Crippen LogP) is 3.57. The highest BCUT2D eigenvalue weighted by atomic mass is 16.6. The number of carboxylic acids is 1. The number of hydrogen-bond acceptors (Lipinski definition) is 7. The van der Waals surface area contributed by atoms with Gasteiger partial charge in [0.15, 0.2) is 5.76 Å². The van der Waals surface area contributed by atoms with Crippen LogP contribution < -0.4 is 5.01 Å². The Bertz CT molecular complexity index is 1090. The molecule has 0 bridgehead atoms. The third-order valence-corrected chi connectivity index (χ3v) is 4.67. The second-order valence-corrected chi connectivity index (χ2v) is 6.81. The first-order chi connectivity index (χ1) is 14.5. The molecule has 0 radical (unpaired) electrons. The minimum absolute atomic E-state index is 0.183. The van der Waals surface area contributed by atoms with Gasteiger partial charge in [0.1, 0.15) is 10.6 Å². The Kier molecular flexibility index (Phi) is 5.27. The zero-order valence-corrected chi connectivity index (χ0v) is 15.8. The number of nitrogens with zero attached hydrogens (tertiary/aromatic N) is 4. The first-order valence-corrected chi connectivity index (χ1v) is 9.19. The maximum atomic E-state index is 11.1. The summed E-state index contributed by atoms with van der Waals surface area (Å²) in [6, 6.07) is 19.2. The van der Waals surface area contributed by atoms with E-state index in [1.54, 1.807) is 17.1 Å². The maximum absolute atomic E-state index is 11.1. The van der Waals surface area contributed by atoms with Crippen LogP contribution in [0.4, 0.5) is 11.6 Å². The van der Waals surface area contributed by atoms with Crippen molar-refractivity contribution in [1.29, 1.82) is 0 Å². The minimum Gasteiger partial charge on any atom is -0.478 e. The van der Waals surface area contributed by atoms with Crippen molar-refractivity contribution >= 4 is 23.3 Å². The maximum Gasteiger partial charge on any atom is 0.433 e. The molecule has 0 spiro atoms. The highest BCUT2D eigenvalue weighted by Crippen LogP contribution is 2.24. The molecule has 0 aliphatic carbocycles. The zero-order valence-electron chi connectivity index (χ0n) is 15.8. The Morgan fingerprint density at radius 2 is 1.83 bits per heavy atom. The molecule has 9 heteroatoms. The summed E-state index contributed by atoms with van der Waals surface area (Å²) in [5.74, 6) is -1.02. The average molecular weight is 406 g/mol. The molecule has 3 aromatic rings. The van der Waals surface area contributed by atoms with Gasteiger partial charge in [0.05, 0.1) is 24.0 Å². The fourth-order valence-electron chi connectivity index (χ4n) is 3.23. The molecule has 2 aromatic carbocycles. The van der Waals surface area contributed by atoms with E-state index in [4.69, 9.17) is 9.52 Å². The third-order valence-electron chi connectivity index (χ3n) is 4.67. The van der Waals surface area contributed by atoms with Crippen molar-refractivity contribution in [3.63, 3.8) is 0 Å². The lowest BCUT2D eigenvalue weighted by molar-refractivity contribution is -0.402. The van der Waals surface area contributed by atoms with E-state index in [2.05, 4.69) is 10.0 Å². The van der Waals surface area contributed by atoms with Crippen LogP contribution in [0.3, 0.4) is 0 Å². The van der Waals surface area contributed by atoms with Gasteiger partial charge in [0.2, 0.25) is 0 Å². The number of anilines is 1. The van der Waals surface area contributed by atoms with Crippen LogP contribution in [0.2, 0.25) is 0 Å². The number of carbonyl (C=O) groups is 1. The standard InChI is InChI=1S/C21H18N4O5/c26-21(27)16-6-8-17(9-7-16)24-14-23(12-15-4-2-1-3-5-15)13-18(22-24)19-10-11-20(30-19)25(28)29/h1-11H,12-14H2,(H,26,27). The van der Waals surface area contributed by atoms with E-state index in [0.717, 1.165) is 5.56 Å². The molecule has 1 N–H and O–H groups in total. The van der Waals surface area contributed by atoms with Crippen molar-refractivity contribution in [3.05, 3.63) is 93.7 Å². The van der Waals surface area contributed by atoms with Crippen LogP contribution in [-0.2, 0) is 6.54 Å². The lowest BCUT2D eigenvalue weighted by Gasteiger charge is -2.33. The second kappa shape index (κ2) is 8.18. The monoisotopic (exact) mass is 406 g/mol. The Hall–Kier alpha value is -3.98. The number of benzene rings is 2. The summed E-state index contributed by atoms with van der Waals surface area (Å²) in [5, 5.41) is 26.4. The summed E-state index contributed by atoms with van der Waals surface area (Å²) in [6.45, 7) is 1.56. The molecule has 152 valence electrons. The number of hydrazone groups is 1. The smallest absolute Gasteiger partial charge is 0.433 e. The van der Waals surface area contributed by atoms with Gasteiger partial charge < -0.3 is 9.52 Å². The van der Waals surface area contributed by atoms with Gasteiger partial charge in [0.25, 0.3) is 0 Å². The quantitative estimate of drug-likeness (QED) is 0.492. The van der Waals surface area contributed by atoms with Crippen LogP contribution >= 0.6 is 0 Å². The molecular weight excluding hydrogens is 388 g/mol. The van der Waals surface area contributed by atoms with Gasteiger partial charge in [-0.05, 0) is 35.9 Å². The van der Waals surface area contributed by atoms with E-state index in [1.807, 2.05) is 30.3 Å². The summed E-state index contributed by atoms with van der Waals surface area (Å²) >= 11 is 0. The van der Waals surface area contributed by atoms with Gasteiger partial charge in [-0.15, -0.1) is 0 Å². The Balaban J connectivity index is 1.65. The van der Waals surface area contributed by atoms with E-state index in [9.17, 15) is 14.9 Å². The molecule has 1 aliphatic rings. The van der Waals surface area contributed by atoms with Gasteiger partial charge >= 0.3 is 11.9 Å². The zero-order chi connectivity index (χ0) is 21.1. The van der Waals surface area contributed by atoms with Crippen LogP contribution in [0, 0.1) is 10.1 Å². The molecule has 0 saturated carbocycles. The van der Waals surface area contributed by atoms with Gasteiger partial charge in [0, 0.05) is 13.1 Å². The predicted molar refractivity (Wildman–Crippen MR) is 109 cm³/mol. The molecule has 0 atom stereocenters. The molecule has 4 rings (SSSR count). The molecule has 0 amide bonds. The molecule has 2 heterocycles. The van der Waals surface area contributed by atoms with Crippen molar-refractivity contribution in [2.45, 2.75) is 6.54 Å². The second-order valence-electron chi connectivity index (χ2n) is 6.81. The number of nitro groups is 1. The highest BCUT2D eigenvalue weighted by Gasteiger charge is 2.25. The molecule has 0 unspecified atom stereocenters. The number of hydrogen-bond donors (Lipinski definition) is 1. The van der Waals surface area contributed by atoms with E-state index in [-0.39, 0.29) is 11.4 Å². The Morgan fingerprint density at radius 3 is 2.47 bits per heavy atom. The van der Waals surface area contributed by atoms with Gasteiger partial charge in [-0.1, -0.05) is 30.3 Å². The summed E-state index contributed by atoms with van der Waals surface area (Å²) in [7, 11) is 0. The first-order valence-electron chi connectivity index (χ1n) is 9.19. The normalized spacial score (nSPS) is 14.4. The van der Waals surface area contributed by atoms with Crippen molar-refractivity contribution in [2.24, 2.45) is 5.10 Å². The number of aromatic carboxylic acids is 1. The van der Waals surface area contributed by atoms with Gasteiger partial charge in [-0.2, -0.15) is 5.10 Å². The van der Waals surface area contributed by atoms with E-state index in [0.29, 0.717) is 36.9 Å². The molecule has 0 saturated heterocycles. The summed E-state index contributed by atoms with van der Waals surface area (Å²) < 4.78 is 5.36. The average Bonchev–Trinajstić information content (AvgIpc) is 3.25. The van der Waals surface area contributed by atoms with Gasteiger partial charge in [-0.3, -0.25) is 20.0 Å². The van der Waals surface area contributed by atoms with Crippen molar-refractivity contribution in [2.75, 3.05) is 18.2 Å². The van der Waals surface area contributed by atoms with Crippen LogP contribution in [0.25, 0.3) is 0 Å². The van der Waals surface area contributed by atoms with Crippen LogP contribution in [0.15, 0.2) is 76.2 Å². The lowest BCUT2D eigenvalue weighted by atomic mass is 10.2. The molecule has 1 aromatic heterocycles. The summed E-state index contributed by atoms with van der Waals surface area (Å²) in [6.07, 6.45) is 0. The van der Waals surface area contributed by atoms with E-state index < -0.39 is 10.9 Å². The van der Waals surface area contributed by atoms with Crippen molar-refractivity contribution in [3.8, 4) is 0 Å². The fourth-order valence-corrected chi connectivity index (χ4v) is 3.23. The number of furan rings is 1. The largest absolute Gasteiger partial charge is 0.478 e.